The predicted molar refractivity (Wildman–Crippen MR) is 85.1 cm³/mol. The molecule has 0 spiro atoms. The fraction of sp³-hybridized carbons (Fsp3) is 0.500. The summed E-state index contributed by atoms with van der Waals surface area (Å²) in [5.74, 6) is 0. The zero-order valence-electron chi connectivity index (χ0n) is 10.9. The first-order chi connectivity index (χ1) is 9.44. The largest absolute Gasteiger partial charge is 0.329 e. The van der Waals surface area contributed by atoms with E-state index in [1.165, 1.54) is 4.31 Å². The summed E-state index contributed by atoms with van der Waals surface area (Å²) in [6.07, 6.45) is 2.66. The second kappa shape index (κ2) is 6.62. The molecule has 1 fully saturated rings. The van der Waals surface area contributed by atoms with E-state index in [0.29, 0.717) is 28.3 Å². The van der Waals surface area contributed by atoms with Gasteiger partial charge < -0.3 is 5.73 Å². The molecule has 1 aliphatic heterocycles. The van der Waals surface area contributed by atoms with Gasteiger partial charge in [-0.15, -0.1) is 0 Å². The Balaban J connectivity index is 2.24. The maximum absolute atomic E-state index is 12.5. The minimum atomic E-state index is -3.62. The minimum Gasteiger partial charge on any atom is -0.329 e. The lowest BCUT2D eigenvalue weighted by Gasteiger charge is -2.34. The average Bonchev–Trinajstić information content (AvgIpc) is 2.42. The number of nitrogens with two attached hydrogens (primary N) is 1. The molecule has 0 radical (unpaired) electrons. The lowest BCUT2D eigenvalue weighted by atomic mass is 10.1. The van der Waals surface area contributed by atoms with Crippen molar-refractivity contribution in [2.45, 2.75) is 25.3 Å². The molecule has 0 aliphatic carbocycles. The SMILES string of the molecule is NCC1CCCCN1S(=O)(=O)Nc1cc(Cl)ccc1Br. The Bertz CT molecular complexity index is 582. The Hall–Kier alpha value is -0.340. The molecule has 112 valence electrons. The Kier molecular flexibility index (Phi) is 5.30. The minimum absolute atomic E-state index is 0.140. The van der Waals surface area contributed by atoms with Gasteiger partial charge in [0.25, 0.3) is 0 Å². The van der Waals surface area contributed by atoms with Gasteiger partial charge in [-0.25, -0.2) is 0 Å². The molecule has 1 aliphatic rings. The zero-order chi connectivity index (χ0) is 14.8. The molecular weight excluding hydrogens is 366 g/mol. The van der Waals surface area contributed by atoms with Crippen molar-refractivity contribution < 1.29 is 8.42 Å². The molecule has 2 rings (SSSR count). The van der Waals surface area contributed by atoms with Gasteiger partial charge in [-0.3, -0.25) is 4.72 Å². The van der Waals surface area contributed by atoms with Crippen LogP contribution >= 0.6 is 27.5 Å². The van der Waals surface area contributed by atoms with E-state index in [-0.39, 0.29) is 6.04 Å². The van der Waals surface area contributed by atoms with E-state index in [1.54, 1.807) is 18.2 Å². The number of piperidine rings is 1. The summed E-state index contributed by atoms with van der Waals surface area (Å²) in [4.78, 5) is 0. The lowest BCUT2D eigenvalue weighted by molar-refractivity contribution is 0.259. The molecule has 5 nitrogen and oxygen atoms in total. The van der Waals surface area contributed by atoms with E-state index in [0.717, 1.165) is 19.3 Å². The van der Waals surface area contributed by atoms with Crippen LogP contribution in [0.3, 0.4) is 0 Å². The van der Waals surface area contributed by atoms with Crippen molar-refractivity contribution in [1.29, 1.82) is 0 Å². The summed E-state index contributed by atoms with van der Waals surface area (Å²) in [6, 6.07) is 4.83. The second-order valence-electron chi connectivity index (χ2n) is 4.73. The number of hydrogen-bond donors (Lipinski definition) is 2. The van der Waals surface area contributed by atoms with Crippen LogP contribution in [0.1, 0.15) is 19.3 Å². The third-order valence-corrected chi connectivity index (χ3v) is 5.82. The van der Waals surface area contributed by atoms with Crippen molar-refractivity contribution in [3.63, 3.8) is 0 Å². The Morgan fingerprint density at radius 3 is 2.90 bits per heavy atom. The van der Waals surface area contributed by atoms with Crippen molar-refractivity contribution in [3.8, 4) is 0 Å². The van der Waals surface area contributed by atoms with E-state index in [4.69, 9.17) is 17.3 Å². The van der Waals surface area contributed by atoms with Crippen molar-refractivity contribution in [2.75, 3.05) is 17.8 Å². The summed E-state index contributed by atoms with van der Waals surface area (Å²) in [7, 11) is -3.62. The quantitative estimate of drug-likeness (QED) is 0.840. The first kappa shape index (κ1) is 16.0. The number of rotatable bonds is 4. The van der Waals surface area contributed by atoms with Crippen LogP contribution in [0.15, 0.2) is 22.7 Å². The van der Waals surface area contributed by atoms with Gasteiger partial charge in [0.15, 0.2) is 0 Å². The summed E-state index contributed by atoms with van der Waals surface area (Å²) in [5.41, 5.74) is 6.10. The van der Waals surface area contributed by atoms with E-state index >= 15 is 0 Å². The predicted octanol–water partition coefficient (Wildman–Crippen LogP) is 2.57. The molecule has 20 heavy (non-hydrogen) atoms. The second-order valence-corrected chi connectivity index (χ2v) is 7.64. The van der Waals surface area contributed by atoms with Gasteiger partial charge in [0, 0.05) is 28.6 Å². The van der Waals surface area contributed by atoms with E-state index in [9.17, 15) is 8.42 Å². The number of anilines is 1. The van der Waals surface area contributed by atoms with Gasteiger partial charge in [0.2, 0.25) is 0 Å². The molecule has 1 atom stereocenters. The van der Waals surface area contributed by atoms with Crippen LogP contribution in [0.4, 0.5) is 5.69 Å². The van der Waals surface area contributed by atoms with Gasteiger partial charge in [-0.1, -0.05) is 18.0 Å². The highest BCUT2D eigenvalue weighted by atomic mass is 79.9. The monoisotopic (exact) mass is 381 g/mol. The fourth-order valence-corrected chi connectivity index (χ4v) is 4.47. The molecule has 0 amide bonds. The lowest BCUT2D eigenvalue weighted by Crippen LogP contribution is -2.49. The molecule has 0 bridgehead atoms. The van der Waals surface area contributed by atoms with Gasteiger partial charge in [0.1, 0.15) is 0 Å². The van der Waals surface area contributed by atoms with Crippen molar-refractivity contribution in [2.24, 2.45) is 5.73 Å². The molecule has 1 saturated heterocycles. The van der Waals surface area contributed by atoms with Crippen LogP contribution in [0.2, 0.25) is 5.02 Å². The molecule has 1 aromatic carbocycles. The van der Waals surface area contributed by atoms with Gasteiger partial charge >= 0.3 is 10.2 Å². The first-order valence-corrected chi connectivity index (χ1v) is 9.00. The van der Waals surface area contributed by atoms with E-state index in [2.05, 4.69) is 20.7 Å². The summed E-state index contributed by atoms with van der Waals surface area (Å²) in [6.45, 7) is 0.826. The molecule has 8 heteroatoms. The molecule has 0 aromatic heterocycles. The number of hydrogen-bond acceptors (Lipinski definition) is 3. The molecule has 0 saturated carbocycles. The van der Waals surface area contributed by atoms with Crippen LogP contribution < -0.4 is 10.5 Å². The fourth-order valence-electron chi connectivity index (χ4n) is 2.30. The van der Waals surface area contributed by atoms with Crippen LogP contribution in [0.5, 0.6) is 0 Å². The Morgan fingerprint density at radius 1 is 1.45 bits per heavy atom. The summed E-state index contributed by atoms with van der Waals surface area (Å²) < 4.78 is 29.6. The van der Waals surface area contributed by atoms with Gasteiger partial charge in [0.05, 0.1) is 5.69 Å². The van der Waals surface area contributed by atoms with Crippen molar-refractivity contribution in [1.82, 2.24) is 4.31 Å². The van der Waals surface area contributed by atoms with E-state index < -0.39 is 10.2 Å². The topological polar surface area (TPSA) is 75.4 Å². The normalized spacial score (nSPS) is 20.9. The standard InChI is InChI=1S/C12H17BrClN3O2S/c13-11-5-4-9(14)7-12(11)16-20(18,19)17-6-2-1-3-10(17)8-15/h4-5,7,10,16H,1-3,6,8,15H2. The number of benzene rings is 1. The smallest absolute Gasteiger partial charge is 0.301 e. The molecule has 1 aromatic rings. The molecular formula is C12H17BrClN3O2S. The Labute approximate surface area is 132 Å². The van der Waals surface area contributed by atoms with Crippen molar-refractivity contribution in [3.05, 3.63) is 27.7 Å². The third-order valence-electron chi connectivity index (χ3n) is 3.32. The molecule has 1 heterocycles. The average molecular weight is 383 g/mol. The molecule has 3 N–H and O–H groups in total. The first-order valence-electron chi connectivity index (χ1n) is 6.39. The number of halogens is 2. The van der Waals surface area contributed by atoms with Crippen LogP contribution in [0.25, 0.3) is 0 Å². The highest BCUT2D eigenvalue weighted by Crippen LogP contribution is 2.28. The summed E-state index contributed by atoms with van der Waals surface area (Å²) >= 11 is 9.21. The summed E-state index contributed by atoms with van der Waals surface area (Å²) in [5, 5.41) is 0.472. The Morgan fingerprint density at radius 2 is 2.20 bits per heavy atom. The zero-order valence-corrected chi connectivity index (χ0v) is 14.0. The molecule has 1 unspecified atom stereocenters. The maximum Gasteiger partial charge on any atom is 0.301 e. The number of nitrogens with one attached hydrogen (secondary N) is 1. The third kappa shape index (κ3) is 3.65. The maximum atomic E-state index is 12.5. The highest BCUT2D eigenvalue weighted by molar-refractivity contribution is 9.10. The van der Waals surface area contributed by atoms with Crippen LogP contribution in [-0.4, -0.2) is 31.9 Å². The van der Waals surface area contributed by atoms with Crippen LogP contribution in [-0.2, 0) is 10.2 Å². The van der Waals surface area contributed by atoms with Crippen LogP contribution in [0, 0.1) is 0 Å². The number of nitrogens with zero attached hydrogens (tertiary/aromatic N) is 1. The van der Waals surface area contributed by atoms with Gasteiger partial charge in [-0.2, -0.15) is 12.7 Å². The van der Waals surface area contributed by atoms with Gasteiger partial charge in [-0.05, 0) is 47.0 Å². The van der Waals surface area contributed by atoms with E-state index in [1.807, 2.05) is 0 Å². The highest BCUT2D eigenvalue weighted by Gasteiger charge is 2.31. The van der Waals surface area contributed by atoms with Crippen molar-refractivity contribution >= 4 is 43.4 Å².